The van der Waals surface area contributed by atoms with Crippen molar-refractivity contribution in [3.63, 3.8) is 0 Å². The molecule has 0 spiro atoms. The van der Waals surface area contributed by atoms with Crippen LogP contribution in [0.5, 0.6) is 0 Å². The van der Waals surface area contributed by atoms with E-state index >= 15 is 19.2 Å². The van der Waals surface area contributed by atoms with E-state index in [-0.39, 0.29) is 35.5 Å². The first kappa shape index (κ1) is 73.7. The second-order valence-corrected chi connectivity index (χ2v) is 33.5. The molecule has 2 atom stereocenters. The number of nitrogens with zero attached hydrogens (tertiary/aromatic N) is 2. The topological polar surface area (TPSA) is 74.8 Å². The molecule has 2 unspecified atom stereocenters. The average Bonchev–Trinajstić information content (AvgIpc) is 0.686. The fourth-order valence-corrected chi connectivity index (χ4v) is 20.2. The normalized spacial score (nSPS) is 14.0. The Hall–Kier alpha value is -5.52. The van der Waals surface area contributed by atoms with Crippen molar-refractivity contribution in [2.75, 3.05) is 13.1 Å². The quantitative estimate of drug-likeness (QED) is 0.0165. The summed E-state index contributed by atoms with van der Waals surface area (Å²) in [6, 6.07) is 30.0. The van der Waals surface area contributed by atoms with Crippen LogP contribution in [0, 0.1) is 11.8 Å². The smallest absolute Gasteiger partial charge is 0.261 e. The van der Waals surface area contributed by atoms with Crippen LogP contribution < -0.4 is 0 Å². The van der Waals surface area contributed by atoms with Gasteiger partial charge < -0.3 is 0 Å². The lowest BCUT2D eigenvalue weighted by atomic mass is 9.78. The van der Waals surface area contributed by atoms with Gasteiger partial charge in [-0.3, -0.25) is 29.0 Å². The monoisotopic (exact) mass is 1390 g/mol. The molecule has 0 saturated heterocycles. The summed E-state index contributed by atoms with van der Waals surface area (Å²) in [6.07, 6.45) is 49.7. The van der Waals surface area contributed by atoms with Crippen LogP contribution in [0.25, 0.3) is 83.5 Å². The number of thiophene rings is 4. The molecule has 98 heavy (non-hydrogen) atoms. The minimum atomic E-state index is -0.202. The fraction of sp³-hybridized carbons (Fsp3) is 0.545. The molecule has 4 aromatic heterocycles. The van der Waals surface area contributed by atoms with E-state index in [4.69, 9.17) is 0 Å². The zero-order chi connectivity index (χ0) is 68.0. The first-order valence-electron chi connectivity index (χ1n) is 39.5. The molecule has 11 rings (SSSR count). The molecule has 6 nitrogen and oxygen atoms in total. The van der Waals surface area contributed by atoms with Gasteiger partial charge >= 0.3 is 0 Å². The Labute approximate surface area is 604 Å². The summed E-state index contributed by atoms with van der Waals surface area (Å²) >= 11 is 6.93. The maximum Gasteiger partial charge on any atom is 0.261 e. The lowest BCUT2D eigenvalue weighted by Crippen LogP contribution is -2.43. The molecule has 2 aliphatic heterocycles. The predicted octanol–water partition coefficient (Wildman–Crippen LogP) is 28.8. The Kier molecular flexibility index (Phi) is 28.5. The number of fused-ring (bicyclic) bond motifs is 2. The van der Waals surface area contributed by atoms with Gasteiger partial charge in [0.05, 0.1) is 0 Å². The van der Waals surface area contributed by atoms with E-state index in [9.17, 15) is 0 Å². The summed E-state index contributed by atoms with van der Waals surface area (Å²) in [4.78, 5) is 73.3. The first-order valence-corrected chi connectivity index (χ1v) is 42.9. The molecule has 9 aromatic rings. The molecule has 524 valence electrons. The van der Waals surface area contributed by atoms with E-state index in [0.717, 1.165) is 125 Å². The Morgan fingerprint density at radius 1 is 0.276 bits per heavy atom. The van der Waals surface area contributed by atoms with E-state index < -0.39 is 0 Å². The lowest BCUT2D eigenvalue weighted by Gasteiger charge is -2.33. The minimum Gasteiger partial charge on any atom is -0.274 e. The van der Waals surface area contributed by atoms with Crippen LogP contribution in [-0.4, -0.2) is 46.5 Å². The van der Waals surface area contributed by atoms with Gasteiger partial charge in [-0.1, -0.05) is 283 Å². The number of unbranched alkanes of at least 4 members (excludes halogenated alkanes) is 32. The number of carbonyl (C=O) groups excluding carboxylic acids is 4. The van der Waals surface area contributed by atoms with E-state index in [0.29, 0.717) is 35.3 Å². The van der Waals surface area contributed by atoms with E-state index in [1.54, 1.807) is 55.1 Å². The number of hydrogen-bond donors (Lipinski definition) is 0. The van der Waals surface area contributed by atoms with Crippen molar-refractivity contribution in [1.29, 1.82) is 0 Å². The van der Waals surface area contributed by atoms with E-state index in [1.165, 1.54) is 215 Å². The zero-order valence-electron chi connectivity index (χ0n) is 60.3. The number of rotatable bonds is 48. The molecule has 0 radical (unpaired) electrons. The Balaban J connectivity index is 0.979. The van der Waals surface area contributed by atoms with Gasteiger partial charge in [0.2, 0.25) is 0 Å². The summed E-state index contributed by atoms with van der Waals surface area (Å²) < 4.78 is 0. The van der Waals surface area contributed by atoms with Gasteiger partial charge in [-0.05, 0) is 141 Å². The summed E-state index contributed by atoms with van der Waals surface area (Å²) in [5.41, 5.74) is 4.20. The van der Waals surface area contributed by atoms with Gasteiger partial charge in [0.25, 0.3) is 23.6 Å². The number of benzene rings is 5. The van der Waals surface area contributed by atoms with Crippen molar-refractivity contribution in [1.82, 2.24) is 9.80 Å². The van der Waals surface area contributed by atoms with Crippen LogP contribution in [0.3, 0.4) is 0 Å². The highest BCUT2D eigenvalue weighted by Crippen LogP contribution is 2.54. The Morgan fingerprint density at radius 2 is 0.561 bits per heavy atom. The van der Waals surface area contributed by atoms with Crippen LogP contribution in [0.15, 0.2) is 95.7 Å². The summed E-state index contributed by atoms with van der Waals surface area (Å²) in [6.45, 7) is 9.98. The number of imide groups is 2. The fourth-order valence-electron chi connectivity index (χ4n) is 16.5. The van der Waals surface area contributed by atoms with Crippen molar-refractivity contribution >= 4 is 112 Å². The van der Waals surface area contributed by atoms with Crippen LogP contribution in [0.2, 0.25) is 0 Å². The van der Waals surface area contributed by atoms with Crippen LogP contribution in [0.1, 0.15) is 326 Å². The molecular weight excluding hydrogens is 1280 g/mol. The van der Waals surface area contributed by atoms with Gasteiger partial charge in [-0.2, -0.15) is 0 Å². The molecule has 0 aliphatic carbocycles. The van der Waals surface area contributed by atoms with Crippen molar-refractivity contribution < 1.29 is 19.2 Å². The van der Waals surface area contributed by atoms with Crippen LogP contribution in [-0.2, 0) is 0 Å². The molecule has 4 amide bonds. The molecule has 0 N–H and O–H groups in total. The molecule has 2 aliphatic rings. The van der Waals surface area contributed by atoms with Gasteiger partial charge in [0.1, 0.15) is 0 Å². The van der Waals surface area contributed by atoms with Gasteiger partial charge in [-0.15, -0.1) is 45.3 Å². The largest absolute Gasteiger partial charge is 0.274 e. The third kappa shape index (κ3) is 18.0. The molecule has 5 aromatic carbocycles. The van der Waals surface area contributed by atoms with E-state index in [2.05, 4.69) is 111 Å². The second-order valence-electron chi connectivity index (χ2n) is 29.4. The molecule has 10 heteroatoms. The maximum atomic E-state index is 16.0. The second kappa shape index (κ2) is 37.9. The van der Waals surface area contributed by atoms with Gasteiger partial charge in [0, 0.05) is 86.5 Å². The summed E-state index contributed by atoms with van der Waals surface area (Å²) in [7, 11) is 0. The molecule has 6 heterocycles. The Morgan fingerprint density at radius 3 is 0.857 bits per heavy atom. The summed E-state index contributed by atoms with van der Waals surface area (Å²) in [5.74, 6) is -0.357. The number of carbonyl (C=O) groups is 4. The standard InChI is InChI=1S/C88H114N2O4S4/c1-5-9-13-17-21-25-27-31-35-39-45-63(43-37-33-29-23-19-15-11-7-3)61-89-85(91)67-51-49-65-80-70(74-54-56-78(98-74)76-48-42-58-96-76)60-72-82-68(52-50-66(84(80)82)79-69(59-71(87(89)93)81(67)83(65)79)73-53-55-77(97-73)75-47-41-57-95-75)86(92)90(88(72)94)62-64(44-38-34-30-24-20-16-12-8-4)46-40-36-32-28-26-22-18-14-10-6-2/h41-42,47-60,63-64H,5-40,43-46,61-62H2,1-4H3. The first-order chi connectivity index (χ1) is 48.2. The Bertz CT molecular complexity index is 3720. The minimum absolute atomic E-state index is 0.201. The zero-order valence-corrected chi connectivity index (χ0v) is 63.5. The molecule has 0 bridgehead atoms. The average molecular weight is 1390 g/mol. The lowest BCUT2D eigenvalue weighted by molar-refractivity contribution is 0.0563. The highest BCUT2D eigenvalue weighted by Gasteiger charge is 2.40. The third-order valence-electron chi connectivity index (χ3n) is 22.0. The SMILES string of the molecule is CCCCCCCCCCCCC(CCCCCCCCCC)CN1C(=O)c2ccc3c4c(-c5ccc(-c6cccs6)s5)cc5c6c(ccc(c7c(-c8ccc(-c9cccs9)s8)cc(c2c37)C1=O)c64)C(=O)N(CC(CCCCCCCCCC)CCCCCCCCCCCC)C5=O. The van der Waals surface area contributed by atoms with Crippen molar-refractivity contribution in [2.24, 2.45) is 11.8 Å². The highest BCUT2D eigenvalue weighted by atomic mass is 32.1. The van der Waals surface area contributed by atoms with Gasteiger partial charge in [-0.25, -0.2) is 0 Å². The van der Waals surface area contributed by atoms with Crippen LogP contribution in [0.4, 0.5) is 0 Å². The van der Waals surface area contributed by atoms with Crippen molar-refractivity contribution in [2.45, 2.75) is 285 Å². The van der Waals surface area contributed by atoms with E-state index in [1.807, 2.05) is 12.1 Å². The highest BCUT2D eigenvalue weighted by molar-refractivity contribution is 7.24. The molecule has 0 saturated carbocycles. The van der Waals surface area contributed by atoms with Crippen LogP contribution >= 0.6 is 45.3 Å². The number of amides is 4. The van der Waals surface area contributed by atoms with Gasteiger partial charge in [0.15, 0.2) is 0 Å². The molecular formula is C88H114N2O4S4. The maximum absolute atomic E-state index is 16.0. The predicted molar refractivity (Wildman–Crippen MR) is 426 cm³/mol. The third-order valence-corrected chi connectivity index (χ3v) is 26.4. The summed E-state index contributed by atoms with van der Waals surface area (Å²) in [5, 5.41) is 11.3. The molecule has 0 fully saturated rings. The van der Waals surface area contributed by atoms with Crippen molar-refractivity contribution in [3.05, 3.63) is 118 Å². The number of hydrogen-bond acceptors (Lipinski definition) is 8. The van der Waals surface area contributed by atoms with Crippen molar-refractivity contribution in [3.8, 4) is 40.4 Å².